The number of para-hydroxylation sites is 4. The summed E-state index contributed by atoms with van der Waals surface area (Å²) in [5, 5.41) is 13.5. The Morgan fingerprint density at radius 3 is 1.58 bits per heavy atom. The fraction of sp³-hybridized carbons (Fsp3) is 0.0357. The number of nitrogens with zero attached hydrogens (tertiary/aromatic N) is 2. The van der Waals surface area contributed by atoms with Crippen molar-refractivity contribution in [1.82, 2.24) is 9.13 Å². The lowest BCUT2D eigenvalue weighted by Crippen LogP contribution is -1.98. The molecule has 9 aromatic carbocycles. The van der Waals surface area contributed by atoms with Crippen LogP contribution in [0.4, 0.5) is 0 Å². The molecule has 3 nitrogen and oxygen atoms in total. The van der Waals surface area contributed by atoms with Crippen LogP contribution in [0.15, 0.2) is 186 Å². The van der Waals surface area contributed by atoms with Crippen molar-refractivity contribution in [3.63, 3.8) is 0 Å². The molecule has 0 spiro atoms. The number of benzene rings is 9. The van der Waals surface area contributed by atoms with Crippen molar-refractivity contribution < 1.29 is 4.42 Å². The number of rotatable bonds is 3. The molecular weight excluding hydrogens is 717 g/mol. The smallest absolute Gasteiger partial charge is 0.135 e. The van der Waals surface area contributed by atoms with Gasteiger partial charge in [0.25, 0.3) is 0 Å². The molecular formula is C56H38N2O. The molecule has 0 saturated heterocycles. The summed E-state index contributed by atoms with van der Waals surface area (Å²) in [6, 6.07) is 62.4. The molecule has 0 unspecified atom stereocenters. The average molecular weight is 755 g/mol. The Labute approximate surface area is 340 Å². The van der Waals surface area contributed by atoms with Crippen molar-refractivity contribution in [1.29, 1.82) is 0 Å². The summed E-state index contributed by atoms with van der Waals surface area (Å²) in [6.07, 6.45) is 10.0. The highest BCUT2D eigenvalue weighted by Crippen LogP contribution is 2.42. The van der Waals surface area contributed by atoms with Crippen LogP contribution in [-0.4, -0.2) is 9.13 Å². The van der Waals surface area contributed by atoms with E-state index in [9.17, 15) is 0 Å². The second-order valence-corrected chi connectivity index (χ2v) is 15.6. The number of hydrogen-bond donors (Lipinski definition) is 0. The van der Waals surface area contributed by atoms with Crippen molar-refractivity contribution in [2.45, 2.75) is 13.8 Å². The van der Waals surface area contributed by atoms with Gasteiger partial charge in [-0.15, -0.1) is 0 Å². The van der Waals surface area contributed by atoms with Gasteiger partial charge in [0.2, 0.25) is 0 Å². The third-order valence-electron chi connectivity index (χ3n) is 12.5. The lowest BCUT2D eigenvalue weighted by Gasteiger charge is -2.17. The summed E-state index contributed by atoms with van der Waals surface area (Å²) in [4.78, 5) is 0. The number of fused-ring (bicyclic) bond motifs is 15. The van der Waals surface area contributed by atoms with Gasteiger partial charge in [0.1, 0.15) is 11.2 Å². The van der Waals surface area contributed by atoms with Crippen LogP contribution in [0, 0.1) is 0 Å². The molecule has 0 fully saturated rings. The molecule has 0 atom stereocenters. The summed E-state index contributed by atoms with van der Waals surface area (Å²) < 4.78 is 11.1. The van der Waals surface area contributed by atoms with Crippen molar-refractivity contribution in [2.75, 3.05) is 0 Å². The third kappa shape index (κ3) is 4.82. The molecule has 3 aromatic heterocycles. The fourth-order valence-electron chi connectivity index (χ4n) is 9.89. The quantitative estimate of drug-likeness (QED) is 0.165. The highest BCUT2D eigenvalue weighted by atomic mass is 16.3. The van der Waals surface area contributed by atoms with Crippen LogP contribution < -0.4 is 0 Å². The first-order chi connectivity index (χ1) is 28.8. The Balaban J connectivity index is 0.00000377. The molecule has 0 radical (unpaired) electrons. The molecule has 0 amide bonds. The van der Waals surface area contributed by atoms with E-state index in [0.29, 0.717) is 0 Å². The van der Waals surface area contributed by atoms with Crippen LogP contribution in [0.5, 0.6) is 0 Å². The minimum atomic E-state index is 0. The summed E-state index contributed by atoms with van der Waals surface area (Å²) in [5.41, 5.74) is 12.6. The predicted molar refractivity (Wildman–Crippen MR) is 252 cm³/mol. The predicted octanol–water partition coefficient (Wildman–Crippen LogP) is 15.8. The fourth-order valence-corrected chi connectivity index (χ4v) is 9.89. The van der Waals surface area contributed by atoms with E-state index in [2.05, 4.69) is 191 Å². The van der Waals surface area contributed by atoms with Crippen LogP contribution in [0.3, 0.4) is 0 Å². The maximum Gasteiger partial charge on any atom is 0.135 e. The topological polar surface area (TPSA) is 23.0 Å². The third-order valence-corrected chi connectivity index (χ3v) is 12.5. The number of aromatic nitrogens is 2. The molecule has 1 aliphatic carbocycles. The molecule has 13 rings (SSSR count). The van der Waals surface area contributed by atoms with Crippen molar-refractivity contribution in [2.24, 2.45) is 0 Å². The van der Waals surface area contributed by atoms with E-state index in [4.69, 9.17) is 4.42 Å². The monoisotopic (exact) mass is 754 g/mol. The van der Waals surface area contributed by atoms with Gasteiger partial charge in [0.05, 0.1) is 22.2 Å². The van der Waals surface area contributed by atoms with E-state index < -0.39 is 0 Å². The second kappa shape index (κ2) is 12.7. The summed E-state index contributed by atoms with van der Waals surface area (Å²) >= 11 is 0. The van der Waals surface area contributed by atoms with E-state index in [1.54, 1.807) is 0 Å². The zero-order valence-corrected chi connectivity index (χ0v) is 31.5. The zero-order chi connectivity index (χ0) is 37.9. The molecule has 1 aliphatic rings. The first kappa shape index (κ1) is 33.5. The maximum absolute atomic E-state index is 6.22. The Hall–Kier alpha value is -7.62. The minimum absolute atomic E-state index is 0. The summed E-state index contributed by atoms with van der Waals surface area (Å²) in [7, 11) is 0. The number of furan rings is 1. The van der Waals surface area contributed by atoms with Gasteiger partial charge < -0.3 is 13.6 Å². The van der Waals surface area contributed by atoms with Crippen molar-refractivity contribution in [3.05, 3.63) is 193 Å². The van der Waals surface area contributed by atoms with Crippen LogP contribution in [-0.2, 0) is 0 Å². The van der Waals surface area contributed by atoms with Gasteiger partial charge >= 0.3 is 0 Å². The summed E-state index contributed by atoms with van der Waals surface area (Å²) in [5.74, 6) is 0. The van der Waals surface area contributed by atoms with Crippen LogP contribution in [0.1, 0.15) is 25.1 Å². The van der Waals surface area contributed by atoms with Crippen molar-refractivity contribution in [3.8, 4) is 22.5 Å². The average Bonchev–Trinajstić information content (AvgIpc) is 3.85. The highest BCUT2D eigenvalue weighted by molar-refractivity contribution is 6.26. The molecule has 0 saturated carbocycles. The molecule has 3 heterocycles. The molecule has 12 aromatic rings. The van der Waals surface area contributed by atoms with Crippen molar-refractivity contribution >= 4 is 99.1 Å². The van der Waals surface area contributed by atoms with Gasteiger partial charge in [0, 0.05) is 43.9 Å². The number of allylic oxidation sites excluding steroid dienone is 2. The SMILES string of the molecule is C.C1=Cc2c(n(-c3ccc4c(c3)c3cc(-c5ccc6oc7ccccc7c6c5)ccc3c3ccc(-n5c6ccccc6c6ccccc65)cc34)c3ccccc23)C=CC1. The van der Waals surface area contributed by atoms with E-state index in [0.717, 1.165) is 39.7 Å². The maximum atomic E-state index is 6.22. The van der Waals surface area contributed by atoms with Crippen LogP contribution in [0.2, 0.25) is 0 Å². The zero-order valence-electron chi connectivity index (χ0n) is 31.5. The van der Waals surface area contributed by atoms with Gasteiger partial charge in [-0.05, 0) is 123 Å². The Morgan fingerprint density at radius 2 is 0.847 bits per heavy atom. The molecule has 0 bridgehead atoms. The van der Waals surface area contributed by atoms with Gasteiger partial charge in [0.15, 0.2) is 0 Å². The Kier molecular flexibility index (Phi) is 7.21. The lowest BCUT2D eigenvalue weighted by atomic mass is 9.91. The van der Waals surface area contributed by atoms with Gasteiger partial charge in [-0.3, -0.25) is 0 Å². The van der Waals surface area contributed by atoms with E-state index in [-0.39, 0.29) is 7.43 Å². The first-order valence-corrected chi connectivity index (χ1v) is 20.1. The largest absolute Gasteiger partial charge is 0.456 e. The first-order valence-electron chi connectivity index (χ1n) is 20.1. The molecule has 3 heteroatoms. The second-order valence-electron chi connectivity index (χ2n) is 15.6. The molecule has 59 heavy (non-hydrogen) atoms. The van der Waals surface area contributed by atoms with E-state index in [1.165, 1.54) is 87.4 Å². The highest BCUT2D eigenvalue weighted by Gasteiger charge is 2.19. The van der Waals surface area contributed by atoms with E-state index >= 15 is 0 Å². The lowest BCUT2D eigenvalue weighted by molar-refractivity contribution is 0.669. The Morgan fingerprint density at radius 1 is 0.356 bits per heavy atom. The minimum Gasteiger partial charge on any atom is -0.456 e. The van der Waals surface area contributed by atoms with Gasteiger partial charge in [-0.2, -0.15) is 0 Å². The number of hydrogen-bond acceptors (Lipinski definition) is 1. The standard InChI is InChI=1S/C55H34N2O.CH4/c1-2-12-41-42-13-4-8-18-51(42)57(50(41)17-3-1)37-25-28-40-47-32-36(56-52-19-9-5-14-43(52)44-15-6-10-20-53(44)56)24-27-39(47)38-26-22-34(30-46(38)48(40)33-37)35-23-29-55-49(31-35)45-16-7-11-21-54(45)58-55;/h2-33H,1H2;1H4. The van der Waals surface area contributed by atoms with Crippen LogP contribution in [0.25, 0.3) is 122 Å². The molecule has 0 aliphatic heterocycles. The molecule has 278 valence electrons. The summed E-state index contributed by atoms with van der Waals surface area (Å²) in [6.45, 7) is 0. The Bertz CT molecular complexity index is 3720. The van der Waals surface area contributed by atoms with Gasteiger partial charge in [-0.1, -0.05) is 129 Å². The van der Waals surface area contributed by atoms with Crippen LogP contribution >= 0.6 is 0 Å². The molecule has 0 N–H and O–H groups in total. The normalized spacial score (nSPS) is 12.7. The van der Waals surface area contributed by atoms with Gasteiger partial charge in [-0.25, -0.2) is 0 Å². The van der Waals surface area contributed by atoms with E-state index in [1.807, 2.05) is 12.1 Å².